The van der Waals surface area contributed by atoms with Crippen molar-refractivity contribution < 1.29 is 14.3 Å². The smallest absolute Gasteiger partial charge is 0.258 e. The third kappa shape index (κ3) is 7.10. The molecule has 1 heterocycles. The van der Waals surface area contributed by atoms with Crippen LogP contribution < -0.4 is 15.4 Å². The van der Waals surface area contributed by atoms with Crippen LogP contribution in [0.25, 0.3) is 0 Å². The number of hydrogen-bond donors (Lipinski definition) is 2. The summed E-state index contributed by atoms with van der Waals surface area (Å²) >= 11 is 0. The highest BCUT2D eigenvalue weighted by molar-refractivity contribution is 5.92. The highest BCUT2D eigenvalue weighted by Gasteiger charge is 2.23. The Morgan fingerprint density at radius 1 is 0.968 bits per heavy atom. The fraction of sp³-hybridized carbons (Fsp3) is 0.440. The summed E-state index contributed by atoms with van der Waals surface area (Å²) in [5.41, 5.74) is 1.85. The van der Waals surface area contributed by atoms with Crippen LogP contribution in [0.2, 0.25) is 0 Å². The van der Waals surface area contributed by atoms with Crippen LogP contribution in [-0.4, -0.2) is 49.0 Å². The van der Waals surface area contributed by atoms with Crippen molar-refractivity contribution in [1.82, 2.24) is 10.2 Å². The lowest BCUT2D eigenvalue weighted by molar-refractivity contribution is -0.124. The van der Waals surface area contributed by atoms with E-state index in [4.69, 9.17) is 4.74 Å². The highest BCUT2D eigenvalue weighted by Crippen LogP contribution is 2.30. The number of para-hydroxylation sites is 2. The number of nitrogens with one attached hydrogen (secondary N) is 2. The van der Waals surface area contributed by atoms with Crippen LogP contribution in [0.1, 0.15) is 39.2 Å². The molecule has 0 radical (unpaired) electrons. The zero-order valence-corrected chi connectivity index (χ0v) is 18.7. The van der Waals surface area contributed by atoms with E-state index in [0.29, 0.717) is 6.54 Å². The van der Waals surface area contributed by atoms with E-state index < -0.39 is 0 Å². The molecule has 2 amide bonds. The monoisotopic (exact) mass is 423 g/mol. The van der Waals surface area contributed by atoms with Gasteiger partial charge < -0.3 is 15.4 Å². The van der Waals surface area contributed by atoms with Gasteiger partial charge in [-0.05, 0) is 42.0 Å². The Morgan fingerprint density at radius 3 is 2.29 bits per heavy atom. The van der Waals surface area contributed by atoms with Crippen molar-refractivity contribution in [3.63, 3.8) is 0 Å². The second-order valence-corrected chi connectivity index (χ2v) is 9.07. The third-order valence-corrected chi connectivity index (χ3v) is 5.43. The minimum atomic E-state index is -0.107. The predicted octanol–water partition coefficient (Wildman–Crippen LogP) is 3.58. The summed E-state index contributed by atoms with van der Waals surface area (Å²) in [5.74, 6) is 0.632. The molecule has 0 aromatic heterocycles. The highest BCUT2D eigenvalue weighted by atomic mass is 16.5. The molecule has 2 aromatic rings. The molecule has 31 heavy (non-hydrogen) atoms. The van der Waals surface area contributed by atoms with Gasteiger partial charge in [0.15, 0.2) is 6.61 Å². The fourth-order valence-corrected chi connectivity index (χ4v) is 3.79. The Kier molecular flexibility index (Phi) is 7.69. The standard InChI is InChI=1S/C25H33N3O3/c1-25(2,3)21-11-7-8-12-22(21)31-18-24(30)27-20-13-15-28(16-14-20)17-23(29)26-19-9-5-4-6-10-19/h4-12,20H,13-18H2,1-3H3,(H,26,29)(H,27,30). The third-order valence-electron chi connectivity index (χ3n) is 5.43. The van der Waals surface area contributed by atoms with Gasteiger partial charge in [0.05, 0.1) is 6.54 Å². The van der Waals surface area contributed by atoms with Gasteiger partial charge in [0.2, 0.25) is 5.91 Å². The molecule has 1 aliphatic heterocycles. The largest absolute Gasteiger partial charge is 0.483 e. The number of benzene rings is 2. The molecule has 0 spiro atoms. The Morgan fingerprint density at radius 2 is 1.61 bits per heavy atom. The van der Waals surface area contributed by atoms with Gasteiger partial charge in [0.1, 0.15) is 5.75 Å². The second kappa shape index (κ2) is 10.4. The quantitative estimate of drug-likeness (QED) is 0.714. The van der Waals surface area contributed by atoms with Crippen molar-refractivity contribution in [2.45, 2.75) is 45.1 Å². The van der Waals surface area contributed by atoms with E-state index in [9.17, 15) is 9.59 Å². The van der Waals surface area contributed by atoms with Crippen molar-refractivity contribution in [1.29, 1.82) is 0 Å². The van der Waals surface area contributed by atoms with E-state index in [1.54, 1.807) is 0 Å². The van der Waals surface area contributed by atoms with Crippen LogP contribution in [-0.2, 0) is 15.0 Å². The topological polar surface area (TPSA) is 70.7 Å². The van der Waals surface area contributed by atoms with Crippen LogP contribution in [0.3, 0.4) is 0 Å². The van der Waals surface area contributed by atoms with Crippen LogP contribution in [0.15, 0.2) is 54.6 Å². The summed E-state index contributed by atoms with van der Waals surface area (Å²) in [6, 6.07) is 17.4. The first-order valence-electron chi connectivity index (χ1n) is 10.9. The molecule has 0 unspecified atom stereocenters. The number of anilines is 1. The molecule has 3 rings (SSSR count). The summed E-state index contributed by atoms with van der Waals surface area (Å²) < 4.78 is 5.82. The summed E-state index contributed by atoms with van der Waals surface area (Å²) in [5, 5.41) is 5.98. The van der Waals surface area contributed by atoms with E-state index in [1.165, 1.54) is 0 Å². The summed E-state index contributed by atoms with van der Waals surface area (Å²) in [4.78, 5) is 26.7. The van der Waals surface area contributed by atoms with Gasteiger partial charge in [-0.3, -0.25) is 14.5 Å². The van der Waals surface area contributed by atoms with Crippen LogP contribution >= 0.6 is 0 Å². The number of carbonyl (C=O) groups excluding carboxylic acids is 2. The Hall–Kier alpha value is -2.86. The molecule has 166 valence electrons. The molecule has 0 atom stereocenters. The maximum atomic E-state index is 12.4. The molecule has 2 N–H and O–H groups in total. The lowest BCUT2D eigenvalue weighted by Gasteiger charge is -2.31. The van der Waals surface area contributed by atoms with Gasteiger partial charge in [-0.15, -0.1) is 0 Å². The fourth-order valence-electron chi connectivity index (χ4n) is 3.79. The Balaban J connectivity index is 1.39. The number of nitrogens with zero attached hydrogens (tertiary/aromatic N) is 1. The van der Waals surface area contributed by atoms with Gasteiger partial charge >= 0.3 is 0 Å². The first-order valence-corrected chi connectivity index (χ1v) is 10.9. The number of hydrogen-bond acceptors (Lipinski definition) is 4. The number of ether oxygens (including phenoxy) is 1. The molecule has 6 nitrogen and oxygen atoms in total. The van der Waals surface area contributed by atoms with Gasteiger partial charge in [0.25, 0.3) is 5.91 Å². The summed E-state index contributed by atoms with van der Waals surface area (Å²) in [6.45, 7) is 8.31. The summed E-state index contributed by atoms with van der Waals surface area (Å²) in [6.07, 6.45) is 1.64. The molecule has 0 aliphatic carbocycles. The molecule has 0 bridgehead atoms. The van der Waals surface area contributed by atoms with E-state index >= 15 is 0 Å². The van der Waals surface area contributed by atoms with Crippen molar-refractivity contribution in [2.75, 3.05) is 31.6 Å². The van der Waals surface area contributed by atoms with Gasteiger partial charge in [-0.2, -0.15) is 0 Å². The van der Waals surface area contributed by atoms with Crippen LogP contribution in [0.5, 0.6) is 5.75 Å². The molecule has 1 fully saturated rings. The number of likely N-dealkylation sites (tertiary alicyclic amines) is 1. The zero-order valence-electron chi connectivity index (χ0n) is 18.7. The van der Waals surface area contributed by atoms with E-state index in [1.807, 2.05) is 54.6 Å². The van der Waals surface area contributed by atoms with Gasteiger partial charge in [-0.1, -0.05) is 57.2 Å². The number of rotatable bonds is 7. The lowest BCUT2D eigenvalue weighted by atomic mass is 9.86. The molecule has 1 aliphatic rings. The van der Waals surface area contributed by atoms with Crippen molar-refractivity contribution in [2.24, 2.45) is 0 Å². The molecular weight excluding hydrogens is 390 g/mol. The average molecular weight is 424 g/mol. The van der Waals surface area contributed by atoms with Crippen molar-refractivity contribution in [3.8, 4) is 5.75 Å². The van der Waals surface area contributed by atoms with Gasteiger partial charge in [-0.25, -0.2) is 0 Å². The SMILES string of the molecule is CC(C)(C)c1ccccc1OCC(=O)NC1CCN(CC(=O)Nc2ccccc2)CC1. The number of carbonyl (C=O) groups is 2. The normalized spacial score (nSPS) is 15.3. The predicted molar refractivity (Wildman–Crippen MR) is 123 cm³/mol. The number of amides is 2. The zero-order chi connectivity index (χ0) is 22.3. The second-order valence-electron chi connectivity index (χ2n) is 9.07. The molecular formula is C25H33N3O3. The van der Waals surface area contributed by atoms with E-state index in [-0.39, 0.29) is 29.9 Å². The molecule has 2 aromatic carbocycles. The molecule has 1 saturated heterocycles. The minimum absolute atomic E-state index is 0.00674. The van der Waals surface area contributed by atoms with Crippen molar-refractivity contribution >= 4 is 17.5 Å². The number of piperidine rings is 1. The molecule has 0 saturated carbocycles. The molecule has 6 heteroatoms. The maximum Gasteiger partial charge on any atom is 0.258 e. The lowest BCUT2D eigenvalue weighted by Crippen LogP contribution is -2.47. The average Bonchev–Trinajstić information content (AvgIpc) is 2.74. The van der Waals surface area contributed by atoms with Gasteiger partial charge in [0, 0.05) is 24.8 Å². The summed E-state index contributed by atoms with van der Waals surface area (Å²) in [7, 11) is 0. The van der Waals surface area contributed by atoms with E-state index in [2.05, 4.69) is 36.3 Å². The van der Waals surface area contributed by atoms with E-state index in [0.717, 1.165) is 42.9 Å². The van der Waals surface area contributed by atoms with Crippen LogP contribution in [0, 0.1) is 0 Å². The Bertz CT molecular complexity index is 869. The minimum Gasteiger partial charge on any atom is -0.483 e. The first-order chi connectivity index (χ1) is 14.8. The van der Waals surface area contributed by atoms with Crippen LogP contribution in [0.4, 0.5) is 5.69 Å². The first kappa shape index (κ1) is 22.8. The van der Waals surface area contributed by atoms with Crippen molar-refractivity contribution in [3.05, 3.63) is 60.2 Å². The Labute approximate surface area is 185 Å². The maximum absolute atomic E-state index is 12.4.